The fraction of sp³-hybridized carbons (Fsp3) is 0.467. The summed E-state index contributed by atoms with van der Waals surface area (Å²) in [6.07, 6.45) is 0.0215. The maximum absolute atomic E-state index is 11.9. The summed E-state index contributed by atoms with van der Waals surface area (Å²) in [6, 6.07) is 7.09. The molecule has 0 aliphatic carbocycles. The van der Waals surface area contributed by atoms with Crippen molar-refractivity contribution in [3.05, 3.63) is 34.9 Å². The number of benzene rings is 1. The first-order chi connectivity index (χ1) is 9.88. The van der Waals surface area contributed by atoms with Crippen molar-refractivity contribution in [3.63, 3.8) is 0 Å². The maximum Gasteiger partial charge on any atom is 0.317 e. The Kier molecular flexibility index (Phi) is 7.02. The molecule has 0 radical (unpaired) electrons. The molecule has 6 heteroatoms. The second-order valence-electron chi connectivity index (χ2n) is 5.01. The van der Waals surface area contributed by atoms with Gasteiger partial charge in [-0.3, -0.25) is 4.79 Å². The van der Waals surface area contributed by atoms with E-state index in [-0.39, 0.29) is 31.1 Å². The van der Waals surface area contributed by atoms with Crippen LogP contribution in [0.1, 0.15) is 25.8 Å². The lowest BCUT2D eigenvalue weighted by molar-refractivity contribution is -0.147. The molecule has 0 atom stereocenters. The van der Waals surface area contributed by atoms with Crippen molar-refractivity contribution in [2.45, 2.75) is 32.9 Å². The molecule has 0 bridgehead atoms. The van der Waals surface area contributed by atoms with E-state index < -0.39 is 0 Å². The first-order valence-corrected chi connectivity index (χ1v) is 7.19. The second-order valence-corrected chi connectivity index (χ2v) is 5.44. The zero-order chi connectivity index (χ0) is 15.8. The summed E-state index contributed by atoms with van der Waals surface area (Å²) >= 11 is 5.90. The molecule has 0 spiro atoms. The average molecular weight is 313 g/mol. The van der Waals surface area contributed by atoms with Gasteiger partial charge in [-0.2, -0.15) is 0 Å². The van der Waals surface area contributed by atoms with Gasteiger partial charge in [0.25, 0.3) is 0 Å². The number of esters is 1. The zero-order valence-corrected chi connectivity index (χ0v) is 13.3. The van der Waals surface area contributed by atoms with Crippen LogP contribution in [-0.4, -0.2) is 36.6 Å². The lowest BCUT2D eigenvalue weighted by Gasteiger charge is -2.18. The van der Waals surface area contributed by atoms with Crippen LogP contribution in [0.15, 0.2) is 24.3 Å². The number of carbonyl (C=O) groups excluding carboxylic acids is 2. The summed E-state index contributed by atoms with van der Waals surface area (Å²) in [4.78, 5) is 24.7. The molecule has 5 nitrogen and oxygen atoms in total. The number of nitrogens with zero attached hydrogens (tertiary/aromatic N) is 1. The zero-order valence-electron chi connectivity index (χ0n) is 12.6. The molecule has 2 amide bonds. The third-order valence-electron chi connectivity index (χ3n) is 2.63. The number of halogens is 1. The summed E-state index contributed by atoms with van der Waals surface area (Å²) in [5, 5.41) is 3.31. The molecule has 0 saturated carbocycles. The minimum atomic E-state index is -0.317. The number of rotatable bonds is 6. The predicted octanol–water partition coefficient (Wildman–Crippen LogP) is 2.82. The van der Waals surface area contributed by atoms with Crippen molar-refractivity contribution in [1.82, 2.24) is 10.2 Å². The van der Waals surface area contributed by atoms with Crippen molar-refractivity contribution in [2.24, 2.45) is 0 Å². The van der Waals surface area contributed by atoms with E-state index in [2.05, 4.69) is 5.32 Å². The predicted molar refractivity (Wildman–Crippen MR) is 82.2 cm³/mol. The fourth-order valence-corrected chi connectivity index (χ4v) is 1.92. The van der Waals surface area contributed by atoms with Gasteiger partial charge in [-0.15, -0.1) is 0 Å². The van der Waals surface area contributed by atoms with Gasteiger partial charge >= 0.3 is 12.0 Å². The van der Waals surface area contributed by atoms with Gasteiger partial charge in [-0.05, 0) is 31.5 Å². The smallest absolute Gasteiger partial charge is 0.317 e. The highest BCUT2D eigenvalue weighted by molar-refractivity contribution is 6.30. The van der Waals surface area contributed by atoms with Gasteiger partial charge in [-0.1, -0.05) is 23.7 Å². The molecule has 1 rings (SSSR count). The number of carbonyl (C=O) groups is 2. The molecule has 21 heavy (non-hydrogen) atoms. The van der Waals surface area contributed by atoms with Crippen molar-refractivity contribution in [2.75, 3.05) is 13.6 Å². The molecule has 1 aromatic rings. The fourth-order valence-electron chi connectivity index (χ4n) is 1.71. The summed E-state index contributed by atoms with van der Waals surface area (Å²) in [5.41, 5.74) is 0.944. The lowest BCUT2D eigenvalue weighted by atomic mass is 10.2. The Morgan fingerprint density at radius 2 is 2.10 bits per heavy atom. The van der Waals surface area contributed by atoms with E-state index in [0.717, 1.165) is 5.56 Å². The van der Waals surface area contributed by atoms with Gasteiger partial charge in [0.15, 0.2) is 0 Å². The molecule has 0 aromatic heterocycles. The summed E-state index contributed by atoms with van der Waals surface area (Å²) in [7, 11) is 1.68. The van der Waals surface area contributed by atoms with Crippen LogP contribution in [0.3, 0.4) is 0 Å². The first-order valence-electron chi connectivity index (χ1n) is 6.81. The van der Waals surface area contributed by atoms with Crippen LogP contribution in [-0.2, 0) is 16.1 Å². The van der Waals surface area contributed by atoms with Gasteiger partial charge in [0.05, 0.1) is 12.5 Å². The molecule has 116 valence electrons. The minimum Gasteiger partial charge on any atom is -0.463 e. The average Bonchev–Trinajstić information content (AvgIpc) is 2.37. The second kappa shape index (κ2) is 8.52. The first kappa shape index (κ1) is 17.3. The van der Waals surface area contributed by atoms with Crippen molar-refractivity contribution < 1.29 is 14.3 Å². The highest BCUT2D eigenvalue weighted by atomic mass is 35.5. The van der Waals surface area contributed by atoms with Crippen LogP contribution < -0.4 is 5.32 Å². The molecular weight excluding hydrogens is 292 g/mol. The minimum absolute atomic E-state index is 0.140. The SMILES string of the molecule is CC(C)OC(=O)CCNC(=O)N(C)Cc1cccc(Cl)c1. The van der Waals surface area contributed by atoms with E-state index in [1.807, 2.05) is 18.2 Å². The number of hydrogen-bond acceptors (Lipinski definition) is 3. The lowest BCUT2D eigenvalue weighted by Crippen LogP contribution is -2.38. The molecule has 0 unspecified atom stereocenters. The summed E-state index contributed by atoms with van der Waals surface area (Å²) < 4.78 is 4.98. The molecule has 1 N–H and O–H groups in total. The standard InChI is InChI=1S/C15H21ClN2O3/c1-11(2)21-14(19)7-8-17-15(20)18(3)10-12-5-4-6-13(16)9-12/h4-6,9,11H,7-8,10H2,1-3H3,(H,17,20). The number of nitrogens with one attached hydrogen (secondary N) is 1. The Balaban J connectivity index is 2.33. The van der Waals surface area contributed by atoms with Crippen LogP contribution in [0, 0.1) is 0 Å². The normalized spacial score (nSPS) is 10.3. The molecule has 0 aliphatic heterocycles. The van der Waals surface area contributed by atoms with Gasteiger partial charge in [-0.25, -0.2) is 4.79 Å². The van der Waals surface area contributed by atoms with Crippen LogP contribution in [0.25, 0.3) is 0 Å². The van der Waals surface area contributed by atoms with E-state index in [1.165, 1.54) is 4.90 Å². The van der Waals surface area contributed by atoms with Crippen molar-refractivity contribution in [1.29, 1.82) is 0 Å². The molecule has 0 saturated heterocycles. The maximum atomic E-state index is 11.9. The molecule has 0 fully saturated rings. The van der Waals surface area contributed by atoms with E-state index in [9.17, 15) is 9.59 Å². The Morgan fingerprint density at radius 3 is 2.71 bits per heavy atom. The van der Waals surface area contributed by atoms with E-state index in [4.69, 9.17) is 16.3 Å². The van der Waals surface area contributed by atoms with Gasteiger partial charge in [0, 0.05) is 25.2 Å². The Hall–Kier alpha value is -1.75. The van der Waals surface area contributed by atoms with Gasteiger partial charge in [0.1, 0.15) is 0 Å². The highest BCUT2D eigenvalue weighted by Crippen LogP contribution is 2.12. The van der Waals surface area contributed by atoms with Gasteiger partial charge in [0.2, 0.25) is 0 Å². The monoisotopic (exact) mass is 312 g/mol. The number of hydrogen-bond donors (Lipinski definition) is 1. The van der Waals surface area contributed by atoms with Gasteiger partial charge < -0.3 is 15.0 Å². The van der Waals surface area contributed by atoms with Crippen LogP contribution in [0.5, 0.6) is 0 Å². The van der Waals surface area contributed by atoms with Crippen LogP contribution in [0.2, 0.25) is 5.02 Å². The Morgan fingerprint density at radius 1 is 1.38 bits per heavy atom. The summed E-state index contributed by atoms with van der Waals surface area (Å²) in [5.74, 6) is -0.317. The topological polar surface area (TPSA) is 58.6 Å². The number of ether oxygens (including phenoxy) is 1. The van der Waals surface area contributed by atoms with E-state index in [1.54, 1.807) is 27.0 Å². The number of amides is 2. The van der Waals surface area contributed by atoms with E-state index in [0.29, 0.717) is 11.6 Å². The highest BCUT2D eigenvalue weighted by Gasteiger charge is 2.10. The Labute approximate surface area is 130 Å². The van der Waals surface area contributed by atoms with Crippen LogP contribution in [0.4, 0.5) is 4.79 Å². The Bertz CT molecular complexity index is 492. The molecule has 1 aromatic carbocycles. The molecule has 0 heterocycles. The molecule has 0 aliphatic rings. The quantitative estimate of drug-likeness (QED) is 0.822. The summed E-state index contributed by atoms with van der Waals surface area (Å²) in [6.45, 7) is 4.28. The van der Waals surface area contributed by atoms with E-state index >= 15 is 0 Å². The van der Waals surface area contributed by atoms with Crippen LogP contribution >= 0.6 is 11.6 Å². The molecular formula is C15H21ClN2O3. The third-order valence-corrected chi connectivity index (χ3v) is 2.86. The largest absolute Gasteiger partial charge is 0.463 e. The van der Waals surface area contributed by atoms with Crippen molar-refractivity contribution in [3.8, 4) is 0 Å². The number of urea groups is 1. The van der Waals surface area contributed by atoms with Crippen molar-refractivity contribution >= 4 is 23.6 Å². The third kappa shape index (κ3) is 6.99.